The lowest BCUT2D eigenvalue weighted by atomic mass is 9.92. The summed E-state index contributed by atoms with van der Waals surface area (Å²) in [5.41, 5.74) is 3.35. The fourth-order valence-corrected chi connectivity index (χ4v) is 3.01. The van der Waals surface area contributed by atoms with Gasteiger partial charge in [-0.1, -0.05) is 36.2 Å². The summed E-state index contributed by atoms with van der Waals surface area (Å²) in [5.74, 6) is 0. The summed E-state index contributed by atoms with van der Waals surface area (Å²) in [4.78, 5) is 0. The second-order valence-corrected chi connectivity index (χ2v) is 8.38. The van der Waals surface area contributed by atoms with Gasteiger partial charge in [-0.3, -0.25) is 0 Å². The van der Waals surface area contributed by atoms with Crippen LogP contribution in [0.5, 0.6) is 0 Å². The van der Waals surface area contributed by atoms with Crippen molar-refractivity contribution >= 4 is 9.84 Å². The first-order chi connectivity index (χ1) is 8.59. The van der Waals surface area contributed by atoms with Crippen molar-refractivity contribution in [2.75, 3.05) is 12.8 Å². The molecule has 0 bridgehead atoms. The molecule has 1 aromatic carbocycles. The molecule has 1 aromatic rings. The molecule has 3 nitrogen and oxygen atoms in total. The van der Waals surface area contributed by atoms with Gasteiger partial charge in [-0.25, -0.2) is 8.42 Å². The standard InChI is InChI=1S/C15H25NO2S/c1-7-16-14(15(4,5)19(6,17)18)13-9-11(2)8-12(3)10-13/h8-10,14,16H,7H2,1-6H3. The van der Waals surface area contributed by atoms with Crippen LogP contribution in [-0.4, -0.2) is 26.0 Å². The summed E-state index contributed by atoms with van der Waals surface area (Å²) in [7, 11) is -3.16. The quantitative estimate of drug-likeness (QED) is 0.904. The highest BCUT2D eigenvalue weighted by Crippen LogP contribution is 2.33. The van der Waals surface area contributed by atoms with Crippen LogP contribution in [0.1, 0.15) is 43.5 Å². The Labute approximate surface area is 117 Å². The molecule has 0 aliphatic heterocycles. The predicted octanol–water partition coefficient (Wildman–Crippen LogP) is 2.78. The third-order valence-electron chi connectivity index (χ3n) is 3.64. The van der Waals surface area contributed by atoms with Crippen LogP contribution >= 0.6 is 0 Å². The molecule has 19 heavy (non-hydrogen) atoms. The van der Waals surface area contributed by atoms with Gasteiger partial charge in [0.05, 0.1) is 10.8 Å². The van der Waals surface area contributed by atoms with E-state index in [1.54, 1.807) is 13.8 Å². The molecule has 0 amide bonds. The molecular weight excluding hydrogens is 258 g/mol. The van der Waals surface area contributed by atoms with Crippen LogP contribution < -0.4 is 5.32 Å². The molecule has 0 saturated carbocycles. The Morgan fingerprint density at radius 2 is 1.63 bits per heavy atom. The molecule has 0 aromatic heterocycles. The van der Waals surface area contributed by atoms with Crippen LogP contribution in [0, 0.1) is 13.8 Å². The van der Waals surface area contributed by atoms with E-state index in [1.807, 2.05) is 20.8 Å². The summed E-state index contributed by atoms with van der Waals surface area (Å²) in [6.07, 6.45) is 1.31. The molecule has 108 valence electrons. The molecule has 0 aliphatic rings. The molecule has 0 heterocycles. The second kappa shape index (κ2) is 5.63. The number of nitrogens with one attached hydrogen (secondary N) is 1. The van der Waals surface area contributed by atoms with Crippen molar-refractivity contribution in [2.24, 2.45) is 0 Å². The summed E-state index contributed by atoms with van der Waals surface area (Å²) in [6.45, 7) is 10.4. The van der Waals surface area contributed by atoms with Gasteiger partial charge >= 0.3 is 0 Å². The van der Waals surface area contributed by atoms with E-state index in [2.05, 4.69) is 23.5 Å². The van der Waals surface area contributed by atoms with Crippen LogP contribution in [0.2, 0.25) is 0 Å². The largest absolute Gasteiger partial charge is 0.309 e. The summed E-state index contributed by atoms with van der Waals surface area (Å²) >= 11 is 0. The first kappa shape index (κ1) is 16.2. The number of rotatable bonds is 5. The van der Waals surface area contributed by atoms with Gasteiger partial charge in [0.2, 0.25) is 0 Å². The smallest absolute Gasteiger partial charge is 0.154 e. The highest BCUT2D eigenvalue weighted by atomic mass is 32.2. The normalized spacial score (nSPS) is 14.4. The number of benzene rings is 1. The van der Waals surface area contributed by atoms with E-state index in [0.29, 0.717) is 0 Å². The van der Waals surface area contributed by atoms with E-state index in [1.165, 1.54) is 6.26 Å². The van der Waals surface area contributed by atoms with Crippen molar-refractivity contribution in [3.05, 3.63) is 34.9 Å². The van der Waals surface area contributed by atoms with E-state index in [4.69, 9.17) is 0 Å². The highest BCUT2D eigenvalue weighted by Gasteiger charge is 2.39. The summed E-state index contributed by atoms with van der Waals surface area (Å²) in [5, 5.41) is 3.32. The van der Waals surface area contributed by atoms with Crippen molar-refractivity contribution in [2.45, 2.75) is 45.4 Å². The zero-order chi connectivity index (χ0) is 14.8. The molecule has 1 atom stereocenters. The molecule has 0 spiro atoms. The maximum Gasteiger partial charge on any atom is 0.154 e. The average Bonchev–Trinajstić information content (AvgIpc) is 2.22. The second-order valence-electron chi connectivity index (χ2n) is 5.79. The minimum atomic E-state index is -3.16. The van der Waals surface area contributed by atoms with Crippen molar-refractivity contribution in [1.82, 2.24) is 5.32 Å². The molecule has 0 aliphatic carbocycles. The van der Waals surface area contributed by atoms with E-state index in [-0.39, 0.29) is 6.04 Å². The third kappa shape index (κ3) is 3.57. The number of hydrogen-bond acceptors (Lipinski definition) is 3. The van der Waals surface area contributed by atoms with Gasteiger partial charge < -0.3 is 5.32 Å². The zero-order valence-corrected chi connectivity index (χ0v) is 13.6. The fourth-order valence-electron chi connectivity index (χ4n) is 2.36. The minimum absolute atomic E-state index is 0.203. The van der Waals surface area contributed by atoms with E-state index in [0.717, 1.165) is 23.2 Å². The van der Waals surface area contributed by atoms with E-state index < -0.39 is 14.6 Å². The molecular formula is C15H25NO2S. The number of sulfone groups is 1. The number of hydrogen-bond donors (Lipinski definition) is 1. The Balaban J connectivity index is 3.36. The van der Waals surface area contributed by atoms with Crippen LogP contribution in [0.4, 0.5) is 0 Å². The van der Waals surface area contributed by atoms with E-state index >= 15 is 0 Å². The van der Waals surface area contributed by atoms with Crippen LogP contribution in [0.25, 0.3) is 0 Å². The Morgan fingerprint density at radius 1 is 1.16 bits per heavy atom. The highest BCUT2D eigenvalue weighted by molar-refractivity contribution is 7.92. The lowest BCUT2D eigenvalue weighted by molar-refractivity contribution is 0.428. The van der Waals surface area contributed by atoms with Gasteiger partial charge in [-0.2, -0.15) is 0 Å². The monoisotopic (exact) mass is 283 g/mol. The van der Waals surface area contributed by atoms with Gasteiger partial charge in [-0.05, 0) is 39.8 Å². The third-order valence-corrected chi connectivity index (χ3v) is 5.78. The molecule has 1 N–H and O–H groups in total. The average molecular weight is 283 g/mol. The topological polar surface area (TPSA) is 46.2 Å². The molecule has 1 unspecified atom stereocenters. The molecule has 1 rings (SSSR count). The summed E-state index contributed by atoms with van der Waals surface area (Å²) < 4.78 is 23.3. The Morgan fingerprint density at radius 3 is 2.00 bits per heavy atom. The van der Waals surface area contributed by atoms with Gasteiger partial charge in [-0.15, -0.1) is 0 Å². The number of aryl methyl sites for hydroxylation is 2. The molecule has 0 fully saturated rings. The Bertz CT molecular complexity index is 527. The summed E-state index contributed by atoms with van der Waals surface area (Å²) in [6, 6.07) is 6.02. The van der Waals surface area contributed by atoms with E-state index in [9.17, 15) is 8.42 Å². The predicted molar refractivity (Wildman–Crippen MR) is 81.3 cm³/mol. The lowest BCUT2D eigenvalue weighted by Gasteiger charge is -2.34. The Hall–Kier alpha value is -0.870. The fraction of sp³-hybridized carbons (Fsp3) is 0.600. The lowest BCUT2D eigenvalue weighted by Crippen LogP contribution is -2.45. The molecule has 0 radical (unpaired) electrons. The molecule has 0 saturated heterocycles. The van der Waals surface area contributed by atoms with Crippen LogP contribution in [0.15, 0.2) is 18.2 Å². The van der Waals surface area contributed by atoms with Gasteiger partial charge in [0.25, 0.3) is 0 Å². The first-order valence-corrected chi connectivity index (χ1v) is 8.50. The van der Waals surface area contributed by atoms with Gasteiger partial charge in [0.15, 0.2) is 9.84 Å². The van der Waals surface area contributed by atoms with Crippen LogP contribution in [-0.2, 0) is 9.84 Å². The SMILES string of the molecule is CCNC(c1cc(C)cc(C)c1)C(C)(C)S(C)(=O)=O. The van der Waals surface area contributed by atoms with Crippen molar-refractivity contribution < 1.29 is 8.42 Å². The Kier molecular flexibility index (Phi) is 4.80. The van der Waals surface area contributed by atoms with Gasteiger partial charge in [0.1, 0.15) is 0 Å². The maximum absolute atomic E-state index is 12.1. The van der Waals surface area contributed by atoms with Crippen molar-refractivity contribution in [3.8, 4) is 0 Å². The molecule has 4 heteroatoms. The van der Waals surface area contributed by atoms with Crippen molar-refractivity contribution in [1.29, 1.82) is 0 Å². The van der Waals surface area contributed by atoms with Gasteiger partial charge in [0, 0.05) is 6.26 Å². The minimum Gasteiger partial charge on any atom is -0.309 e. The van der Waals surface area contributed by atoms with Crippen molar-refractivity contribution in [3.63, 3.8) is 0 Å². The first-order valence-electron chi connectivity index (χ1n) is 6.60. The zero-order valence-electron chi connectivity index (χ0n) is 12.7. The van der Waals surface area contributed by atoms with Crippen LogP contribution in [0.3, 0.4) is 0 Å². The maximum atomic E-state index is 12.1.